The molecule has 2 aromatic rings. The smallest absolute Gasteiger partial charge is 0.254 e. The first-order valence-corrected chi connectivity index (χ1v) is 9.94. The highest BCUT2D eigenvalue weighted by atomic mass is 127. The van der Waals surface area contributed by atoms with Crippen molar-refractivity contribution >= 4 is 47.2 Å². The van der Waals surface area contributed by atoms with Gasteiger partial charge in [-0.3, -0.25) is 9.79 Å². The molecule has 1 unspecified atom stereocenters. The number of hydrogen-bond donors (Lipinski definition) is 3. The van der Waals surface area contributed by atoms with Crippen LogP contribution >= 0.6 is 35.3 Å². The average Bonchev–Trinajstić information content (AvgIpc) is 3.03. The average molecular weight is 518 g/mol. The minimum atomic E-state index is -0.522. The standard InChI is InChI=1S/C20H27FN4OS.HI/c1-4-22-20(25-14(2)13-16-10-9-15(3)27-16)24-12-11-23-19(26)17-7-5-6-8-18(17)21;/h5-10,14H,4,11-13H2,1-3H3,(H,23,26)(H2,22,24,25);1H. The quantitative estimate of drug-likeness (QED) is 0.216. The molecule has 0 spiro atoms. The van der Waals surface area contributed by atoms with Crippen LogP contribution in [0.2, 0.25) is 0 Å². The van der Waals surface area contributed by atoms with E-state index in [4.69, 9.17) is 0 Å². The molecule has 0 aliphatic rings. The summed E-state index contributed by atoms with van der Waals surface area (Å²) >= 11 is 1.80. The van der Waals surface area contributed by atoms with E-state index in [0.717, 1.165) is 13.0 Å². The molecule has 5 nitrogen and oxygen atoms in total. The van der Waals surface area contributed by atoms with Gasteiger partial charge in [0, 0.05) is 35.3 Å². The van der Waals surface area contributed by atoms with Gasteiger partial charge in [-0.2, -0.15) is 0 Å². The predicted octanol–water partition coefficient (Wildman–Crippen LogP) is 3.73. The zero-order valence-electron chi connectivity index (χ0n) is 16.4. The Morgan fingerprint density at radius 3 is 2.61 bits per heavy atom. The zero-order chi connectivity index (χ0) is 19.6. The van der Waals surface area contributed by atoms with Crippen molar-refractivity contribution in [1.29, 1.82) is 0 Å². The molecule has 0 aliphatic heterocycles. The number of nitrogens with zero attached hydrogens (tertiary/aromatic N) is 1. The molecule has 0 saturated heterocycles. The van der Waals surface area contributed by atoms with Crippen molar-refractivity contribution in [2.75, 3.05) is 19.6 Å². The summed E-state index contributed by atoms with van der Waals surface area (Å²) in [5, 5.41) is 9.27. The Morgan fingerprint density at radius 2 is 1.96 bits per heavy atom. The molecule has 1 amide bonds. The number of rotatable bonds is 8. The van der Waals surface area contributed by atoms with Crippen LogP contribution in [-0.2, 0) is 6.42 Å². The van der Waals surface area contributed by atoms with E-state index in [0.29, 0.717) is 19.0 Å². The Morgan fingerprint density at radius 1 is 1.21 bits per heavy atom. The molecule has 154 valence electrons. The summed E-state index contributed by atoms with van der Waals surface area (Å²) in [5.41, 5.74) is 0.0476. The second-order valence-electron chi connectivity index (χ2n) is 6.26. The van der Waals surface area contributed by atoms with Gasteiger partial charge in [0.2, 0.25) is 0 Å². The summed E-state index contributed by atoms with van der Waals surface area (Å²) in [7, 11) is 0. The topological polar surface area (TPSA) is 65.5 Å². The first kappa shape index (κ1) is 24.4. The van der Waals surface area contributed by atoms with Crippen molar-refractivity contribution in [3.8, 4) is 0 Å². The van der Waals surface area contributed by atoms with Gasteiger partial charge in [-0.1, -0.05) is 12.1 Å². The van der Waals surface area contributed by atoms with Crippen molar-refractivity contribution in [3.05, 3.63) is 57.5 Å². The van der Waals surface area contributed by atoms with Crippen LogP contribution in [0.1, 0.15) is 34.0 Å². The maximum absolute atomic E-state index is 13.6. The molecule has 2 rings (SSSR count). The first-order chi connectivity index (χ1) is 13.0. The van der Waals surface area contributed by atoms with Crippen LogP contribution in [0.3, 0.4) is 0 Å². The molecule has 1 heterocycles. The molecular formula is C20H28FIN4OS. The maximum atomic E-state index is 13.6. The molecule has 0 radical (unpaired) electrons. The number of thiophene rings is 1. The van der Waals surface area contributed by atoms with E-state index in [2.05, 4.69) is 46.9 Å². The van der Waals surface area contributed by atoms with Gasteiger partial charge in [-0.15, -0.1) is 35.3 Å². The Kier molecular flexibility index (Phi) is 11.1. The summed E-state index contributed by atoms with van der Waals surface area (Å²) in [6.45, 7) is 7.71. The number of aliphatic imine (C=N–C) groups is 1. The molecule has 8 heteroatoms. The zero-order valence-corrected chi connectivity index (χ0v) is 19.6. The fraction of sp³-hybridized carbons (Fsp3) is 0.400. The van der Waals surface area contributed by atoms with Crippen molar-refractivity contribution in [2.45, 2.75) is 33.2 Å². The van der Waals surface area contributed by atoms with Gasteiger partial charge in [0.1, 0.15) is 5.82 Å². The molecule has 0 aliphatic carbocycles. The Bertz CT molecular complexity index is 781. The number of hydrogen-bond acceptors (Lipinski definition) is 3. The summed E-state index contributed by atoms with van der Waals surface area (Å²) in [4.78, 5) is 19.1. The summed E-state index contributed by atoms with van der Waals surface area (Å²) < 4.78 is 13.6. The van der Waals surface area contributed by atoms with Crippen molar-refractivity contribution in [2.24, 2.45) is 4.99 Å². The van der Waals surface area contributed by atoms with E-state index in [-0.39, 0.29) is 35.6 Å². The molecule has 0 saturated carbocycles. The SMILES string of the molecule is CCNC(=NCCNC(=O)c1ccccc1F)NC(C)Cc1ccc(C)s1.I. The van der Waals surface area contributed by atoms with Crippen LogP contribution in [0.4, 0.5) is 4.39 Å². The second-order valence-corrected chi connectivity index (χ2v) is 7.63. The van der Waals surface area contributed by atoms with Gasteiger partial charge < -0.3 is 16.0 Å². The molecule has 1 aromatic heterocycles. The lowest BCUT2D eigenvalue weighted by Gasteiger charge is -2.17. The molecule has 3 N–H and O–H groups in total. The minimum absolute atomic E-state index is 0. The first-order valence-electron chi connectivity index (χ1n) is 9.12. The number of aryl methyl sites for hydroxylation is 1. The lowest BCUT2D eigenvalue weighted by atomic mass is 10.2. The number of halogens is 2. The normalized spacial score (nSPS) is 12.1. The Balaban J connectivity index is 0.00000392. The minimum Gasteiger partial charge on any atom is -0.357 e. The van der Waals surface area contributed by atoms with Crippen LogP contribution in [0, 0.1) is 12.7 Å². The summed E-state index contributed by atoms with van der Waals surface area (Å²) in [5.74, 6) is -0.243. The number of carbonyl (C=O) groups excluding carboxylic acids is 1. The summed E-state index contributed by atoms with van der Waals surface area (Å²) in [6.07, 6.45) is 0.924. The lowest BCUT2D eigenvalue weighted by Crippen LogP contribution is -2.43. The monoisotopic (exact) mass is 518 g/mol. The van der Waals surface area contributed by atoms with Crippen LogP contribution in [0.15, 0.2) is 41.4 Å². The largest absolute Gasteiger partial charge is 0.357 e. The van der Waals surface area contributed by atoms with Crippen LogP contribution in [0.5, 0.6) is 0 Å². The van der Waals surface area contributed by atoms with Gasteiger partial charge in [0.05, 0.1) is 12.1 Å². The molecule has 1 aromatic carbocycles. The van der Waals surface area contributed by atoms with E-state index in [1.54, 1.807) is 23.5 Å². The van der Waals surface area contributed by atoms with Crippen LogP contribution in [0.25, 0.3) is 0 Å². The Hall–Kier alpha value is -1.68. The predicted molar refractivity (Wildman–Crippen MR) is 125 cm³/mol. The van der Waals surface area contributed by atoms with E-state index in [1.165, 1.54) is 21.9 Å². The fourth-order valence-electron chi connectivity index (χ4n) is 2.58. The third kappa shape index (κ3) is 8.14. The highest BCUT2D eigenvalue weighted by molar-refractivity contribution is 14.0. The number of amides is 1. The molecule has 28 heavy (non-hydrogen) atoms. The van der Waals surface area contributed by atoms with Crippen molar-refractivity contribution in [1.82, 2.24) is 16.0 Å². The van der Waals surface area contributed by atoms with Gasteiger partial charge in [0.25, 0.3) is 5.91 Å². The molecule has 0 fully saturated rings. The molecular weight excluding hydrogens is 490 g/mol. The van der Waals surface area contributed by atoms with E-state index in [1.807, 2.05) is 6.92 Å². The third-order valence-corrected chi connectivity index (χ3v) is 4.84. The molecule has 1 atom stereocenters. The number of guanidine groups is 1. The highest BCUT2D eigenvalue weighted by Crippen LogP contribution is 2.16. The highest BCUT2D eigenvalue weighted by Gasteiger charge is 2.10. The summed E-state index contributed by atoms with van der Waals surface area (Å²) in [6, 6.07) is 10.5. The van der Waals surface area contributed by atoms with Gasteiger partial charge >= 0.3 is 0 Å². The third-order valence-electron chi connectivity index (χ3n) is 3.82. The number of carbonyl (C=O) groups is 1. The van der Waals surface area contributed by atoms with Gasteiger partial charge in [0.15, 0.2) is 5.96 Å². The number of benzene rings is 1. The molecule has 0 bridgehead atoms. The van der Waals surface area contributed by atoms with Crippen molar-refractivity contribution in [3.63, 3.8) is 0 Å². The second kappa shape index (κ2) is 12.7. The van der Waals surface area contributed by atoms with E-state index >= 15 is 0 Å². The van der Waals surface area contributed by atoms with E-state index < -0.39 is 11.7 Å². The van der Waals surface area contributed by atoms with Gasteiger partial charge in [-0.25, -0.2) is 4.39 Å². The van der Waals surface area contributed by atoms with Gasteiger partial charge in [-0.05, 0) is 45.0 Å². The lowest BCUT2D eigenvalue weighted by molar-refractivity contribution is 0.0951. The van der Waals surface area contributed by atoms with Crippen LogP contribution < -0.4 is 16.0 Å². The number of nitrogens with one attached hydrogen (secondary N) is 3. The fourth-order valence-corrected chi connectivity index (χ4v) is 3.60. The Labute approximate surface area is 187 Å². The van der Waals surface area contributed by atoms with Crippen LogP contribution in [-0.4, -0.2) is 37.5 Å². The maximum Gasteiger partial charge on any atom is 0.254 e. The van der Waals surface area contributed by atoms with Crippen molar-refractivity contribution < 1.29 is 9.18 Å². The van der Waals surface area contributed by atoms with E-state index in [9.17, 15) is 9.18 Å².